The highest BCUT2D eigenvalue weighted by Crippen LogP contribution is 2.13. The van der Waals surface area contributed by atoms with Crippen molar-refractivity contribution in [2.24, 2.45) is 4.99 Å². The molecule has 0 aromatic heterocycles. The molecular formula is C20H35IN4S. The van der Waals surface area contributed by atoms with Gasteiger partial charge in [0.15, 0.2) is 5.96 Å². The van der Waals surface area contributed by atoms with Gasteiger partial charge in [0, 0.05) is 50.3 Å². The molecule has 1 saturated heterocycles. The van der Waals surface area contributed by atoms with E-state index in [1.165, 1.54) is 37.1 Å². The van der Waals surface area contributed by atoms with Crippen LogP contribution in [-0.4, -0.2) is 55.4 Å². The molecule has 0 radical (unpaired) electrons. The van der Waals surface area contributed by atoms with Gasteiger partial charge in [-0.05, 0) is 39.2 Å². The normalized spacial score (nSPS) is 16.4. The molecule has 4 nitrogen and oxygen atoms in total. The minimum absolute atomic E-state index is 0. The first-order chi connectivity index (χ1) is 12.1. The maximum atomic E-state index is 4.37. The van der Waals surface area contributed by atoms with E-state index in [9.17, 15) is 0 Å². The molecule has 1 aliphatic heterocycles. The average Bonchev–Trinajstić information content (AvgIpc) is 2.62. The second-order valence-electron chi connectivity index (χ2n) is 7.09. The number of hydrogen-bond acceptors (Lipinski definition) is 3. The summed E-state index contributed by atoms with van der Waals surface area (Å²) in [6, 6.07) is 10.0. The lowest BCUT2D eigenvalue weighted by molar-refractivity contribution is 0.167. The fourth-order valence-electron chi connectivity index (χ4n) is 3.06. The van der Waals surface area contributed by atoms with E-state index in [1.807, 2.05) is 18.8 Å². The zero-order valence-corrected chi connectivity index (χ0v) is 19.8. The number of thioether (sulfide) groups is 1. The molecule has 0 aliphatic carbocycles. The van der Waals surface area contributed by atoms with E-state index in [0.717, 1.165) is 24.0 Å². The van der Waals surface area contributed by atoms with Crippen molar-refractivity contribution in [1.82, 2.24) is 15.5 Å². The number of aliphatic imine (C=N–C) groups is 1. The van der Waals surface area contributed by atoms with E-state index in [1.54, 1.807) is 0 Å². The topological polar surface area (TPSA) is 39.7 Å². The van der Waals surface area contributed by atoms with Crippen molar-refractivity contribution in [1.29, 1.82) is 0 Å². The Kier molecular flexibility index (Phi) is 11.6. The summed E-state index contributed by atoms with van der Waals surface area (Å²) in [6.45, 7) is 10.00. The van der Waals surface area contributed by atoms with Crippen LogP contribution in [0, 0.1) is 6.92 Å². The van der Waals surface area contributed by atoms with E-state index < -0.39 is 0 Å². The molecule has 0 unspecified atom stereocenters. The van der Waals surface area contributed by atoms with Gasteiger partial charge in [-0.15, -0.1) is 24.0 Å². The van der Waals surface area contributed by atoms with Crippen LogP contribution in [0.25, 0.3) is 0 Å². The van der Waals surface area contributed by atoms with Crippen LogP contribution in [0.2, 0.25) is 0 Å². The van der Waals surface area contributed by atoms with Gasteiger partial charge in [-0.3, -0.25) is 4.99 Å². The zero-order chi connectivity index (χ0) is 18.1. The molecule has 0 bridgehead atoms. The lowest BCUT2D eigenvalue weighted by Crippen LogP contribution is -2.50. The first kappa shape index (κ1) is 23.6. The fourth-order valence-corrected chi connectivity index (χ4v) is 3.88. The second kappa shape index (κ2) is 12.8. The van der Waals surface area contributed by atoms with E-state index in [2.05, 4.69) is 65.6 Å². The number of aryl methyl sites for hydroxylation is 1. The lowest BCUT2D eigenvalue weighted by atomic mass is 10.0. The highest BCUT2D eigenvalue weighted by atomic mass is 127. The van der Waals surface area contributed by atoms with E-state index >= 15 is 0 Å². The molecule has 0 spiro atoms. The van der Waals surface area contributed by atoms with Crippen molar-refractivity contribution in [3.8, 4) is 0 Å². The first-order valence-corrected chi connectivity index (χ1v) is 10.6. The van der Waals surface area contributed by atoms with Gasteiger partial charge in [-0.1, -0.05) is 29.8 Å². The summed E-state index contributed by atoms with van der Waals surface area (Å²) in [7, 11) is 1.86. The SMILES string of the molecule is CN=C(NCCSCc1ccc(C)cc1)NC1CCN(C(C)C)CC1.I. The summed E-state index contributed by atoms with van der Waals surface area (Å²) in [5.41, 5.74) is 2.72. The van der Waals surface area contributed by atoms with E-state index in [-0.39, 0.29) is 24.0 Å². The predicted molar refractivity (Wildman–Crippen MR) is 127 cm³/mol. The molecule has 6 heteroatoms. The molecule has 1 heterocycles. The van der Waals surface area contributed by atoms with Gasteiger partial charge in [-0.2, -0.15) is 11.8 Å². The Balaban J connectivity index is 0.00000338. The molecule has 2 rings (SSSR count). The van der Waals surface area contributed by atoms with Gasteiger partial charge in [0.1, 0.15) is 0 Å². The van der Waals surface area contributed by atoms with Crippen LogP contribution in [0.15, 0.2) is 29.3 Å². The van der Waals surface area contributed by atoms with Gasteiger partial charge < -0.3 is 15.5 Å². The number of rotatable bonds is 7. The number of guanidine groups is 1. The van der Waals surface area contributed by atoms with Crippen LogP contribution in [-0.2, 0) is 5.75 Å². The van der Waals surface area contributed by atoms with Gasteiger partial charge in [0.25, 0.3) is 0 Å². The first-order valence-electron chi connectivity index (χ1n) is 9.43. The fraction of sp³-hybridized carbons (Fsp3) is 0.650. The van der Waals surface area contributed by atoms with Gasteiger partial charge in [0.05, 0.1) is 0 Å². The van der Waals surface area contributed by atoms with Crippen LogP contribution in [0.3, 0.4) is 0 Å². The maximum Gasteiger partial charge on any atom is 0.191 e. The number of halogens is 1. The monoisotopic (exact) mass is 490 g/mol. The Morgan fingerprint density at radius 2 is 1.88 bits per heavy atom. The van der Waals surface area contributed by atoms with Crippen LogP contribution in [0.5, 0.6) is 0 Å². The molecule has 0 atom stereocenters. The Morgan fingerprint density at radius 3 is 2.46 bits per heavy atom. The summed E-state index contributed by atoms with van der Waals surface area (Å²) in [5.74, 6) is 3.10. The quantitative estimate of drug-likeness (QED) is 0.264. The van der Waals surface area contributed by atoms with Gasteiger partial charge in [0.2, 0.25) is 0 Å². The van der Waals surface area contributed by atoms with Crippen molar-refractivity contribution < 1.29 is 0 Å². The van der Waals surface area contributed by atoms with Crippen LogP contribution in [0.4, 0.5) is 0 Å². The van der Waals surface area contributed by atoms with Gasteiger partial charge in [-0.25, -0.2) is 0 Å². The van der Waals surface area contributed by atoms with Crippen molar-refractivity contribution in [2.45, 2.75) is 51.4 Å². The molecule has 2 N–H and O–H groups in total. The third-order valence-electron chi connectivity index (χ3n) is 4.75. The average molecular weight is 490 g/mol. The molecule has 1 aromatic carbocycles. The summed E-state index contributed by atoms with van der Waals surface area (Å²) in [4.78, 5) is 6.93. The number of piperidine rings is 1. The maximum absolute atomic E-state index is 4.37. The van der Waals surface area contributed by atoms with Crippen molar-refractivity contribution in [3.05, 3.63) is 35.4 Å². The lowest BCUT2D eigenvalue weighted by Gasteiger charge is -2.35. The summed E-state index contributed by atoms with van der Waals surface area (Å²) in [5, 5.41) is 7.03. The molecule has 26 heavy (non-hydrogen) atoms. The van der Waals surface area contributed by atoms with E-state index in [0.29, 0.717) is 12.1 Å². The third kappa shape index (κ3) is 8.48. The summed E-state index contributed by atoms with van der Waals surface area (Å²) in [6.07, 6.45) is 2.39. The Morgan fingerprint density at radius 1 is 1.23 bits per heavy atom. The second-order valence-corrected chi connectivity index (χ2v) is 8.19. The molecular weight excluding hydrogens is 455 g/mol. The smallest absolute Gasteiger partial charge is 0.191 e. The van der Waals surface area contributed by atoms with Crippen molar-refractivity contribution >= 4 is 41.7 Å². The van der Waals surface area contributed by atoms with Crippen LogP contribution < -0.4 is 10.6 Å². The highest BCUT2D eigenvalue weighted by molar-refractivity contribution is 14.0. The van der Waals surface area contributed by atoms with Crippen molar-refractivity contribution in [3.63, 3.8) is 0 Å². The molecule has 1 aromatic rings. The largest absolute Gasteiger partial charge is 0.356 e. The zero-order valence-electron chi connectivity index (χ0n) is 16.6. The summed E-state index contributed by atoms with van der Waals surface area (Å²) >= 11 is 1.96. The predicted octanol–water partition coefficient (Wildman–Crippen LogP) is 3.88. The minimum atomic E-state index is 0. The number of benzene rings is 1. The van der Waals surface area contributed by atoms with E-state index in [4.69, 9.17) is 0 Å². The Hall–Kier alpha value is -0.470. The minimum Gasteiger partial charge on any atom is -0.356 e. The Bertz CT molecular complexity index is 525. The number of hydrogen-bond donors (Lipinski definition) is 2. The molecule has 0 amide bonds. The third-order valence-corrected chi connectivity index (χ3v) is 5.78. The molecule has 148 valence electrons. The molecule has 1 aliphatic rings. The number of nitrogens with one attached hydrogen (secondary N) is 2. The number of likely N-dealkylation sites (tertiary alicyclic amines) is 1. The van der Waals surface area contributed by atoms with Crippen molar-refractivity contribution in [2.75, 3.05) is 32.4 Å². The molecule has 1 fully saturated rings. The summed E-state index contributed by atoms with van der Waals surface area (Å²) < 4.78 is 0. The van der Waals surface area contributed by atoms with Gasteiger partial charge >= 0.3 is 0 Å². The number of nitrogens with zero attached hydrogens (tertiary/aromatic N) is 2. The van der Waals surface area contributed by atoms with Crippen LogP contribution in [0.1, 0.15) is 37.8 Å². The highest BCUT2D eigenvalue weighted by Gasteiger charge is 2.21. The van der Waals surface area contributed by atoms with Crippen LogP contribution >= 0.6 is 35.7 Å². The Labute approximate surface area is 181 Å². The standard InChI is InChI=1S/C20H34N4S.HI/c1-16(2)24-12-9-19(10-13-24)23-20(21-4)22-11-14-25-15-18-7-5-17(3)6-8-18;/h5-8,16,19H,9-15H2,1-4H3,(H2,21,22,23);1H. The molecule has 0 saturated carbocycles.